The Morgan fingerprint density at radius 3 is 1.74 bits per heavy atom. The van der Waals surface area contributed by atoms with Gasteiger partial charge in [-0.25, -0.2) is 0 Å². The zero-order valence-corrected chi connectivity index (χ0v) is 11.7. The Hall–Kier alpha value is -0.610. The number of carbonyl (C=O) groups is 1. The van der Waals surface area contributed by atoms with E-state index >= 15 is 0 Å². The van der Waals surface area contributed by atoms with Crippen molar-refractivity contribution in [2.24, 2.45) is 0 Å². The highest BCUT2D eigenvalue weighted by Crippen LogP contribution is 2.13. The first kappa shape index (κ1) is 3.73. The molecule has 0 bridgehead atoms. The van der Waals surface area contributed by atoms with Crippen LogP contribution in [0.4, 0.5) is 0 Å². The molecule has 0 fully saturated rings. The van der Waals surface area contributed by atoms with E-state index in [1.165, 1.54) is 0 Å². The van der Waals surface area contributed by atoms with Crippen LogP contribution in [0.3, 0.4) is 0 Å². The molecule has 0 saturated heterocycles. The molecule has 0 aromatic rings. The first-order chi connectivity index (χ1) is 22.9. The van der Waals surface area contributed by atoms with Crippen LogP contribution in [0.1, 0.15) is 139 Å². The lowest BCUT2D eigenvalue weighted by molar-refractivity contribution is -0.153. The Morgan fingerprint density at radius 2 is 1.30 bits per heavy atom. The lowest BCUT2D eigenvalue weighted by Gasteiger charge is -2.12. The van der Waals surface area contributed by atoms with Crippen molar-refractivity contribution in [3.63, 3.8) is 0 Å². The van der Waals surface area contributed by atoms with Crippen molar-refractivity contribution in [3.8, 4) is 0 Å². The third kappa shape index (κ3) is 16.0. The van der Waals surface area contributed by atoms with Crippen molar-refractivity contribution in [1.82, 2.24) is 0 Å². The van der Waals surface area contributed by atoms with Gasteiger partial charge in [-0.15, -0.1) is 0 Å². The van der Waals surface area contributed by atoms with E-state index in [2.05, 4.69) is 4.74 Å². The Labute approximate surface area is 186 Å². The van der Waals surface area contributed by atoms with Gasteiger partial charge in [0.05, 0.1) is 13.2 Å². The van der Waals surface area contributed by atoms with Crippen LogP contribution < -0.4 is 0 Å². The van der Waals surface area contributed by atoms with Crippen LogP contribution in [0.2, 0.25) is 0 Å². The lowest BCUT2D eigenvalue weighted by Crippen LogP contribution is -2.25. The Morgan fingerprint density at radius 1 is 0.870 bits per heavy atom. The molecule has 0 aliphatic carbocycles. The second-order valence-electron chi connectivity index (χ2n) is 3.14. The summed E-state index contributed by atoms with van der Waals surface area (Å²) in [4.78, 5) is 12.4. The summed E-state index contributed by atoms with van der Waals surface area (Å²) in [6.45, 7) is -6.55. The fraction of sp³-hybridized carbons (Fsp3) is 0.947. The first-order valence-corrected chi connectivity index (χ1v) is 5.84. The van der Waals surface area contributed by atoms with Gasteiger partial charge in [-0.3, -0.25) is 4.79 Å². The van der Waals surface area contributed by atoms with E-state index < -0.39 is 121 Å². The minimum atomic E-state index is -5.17. The van der Waals surface area contributed by atoms with Crippen LogP contribution in [0.15, 0.2) is 0 Å². The smallest absolute Gasteiger partial charge is 0.306 e. The molecule has 4 nitrogen and oxygen atoms in total. The summed E-state index contributed by atoms with van der Waals surface area (Å²) in [5, 5.41) is 18.1. The van der Waals surface area contributed by atoms with Crippen molar-refractivity contribution >= 4 is 5.97 Å². The molecule has 23 heavy (non-hydrogen) atoms. The highest BCUT2D eigenvalue weighted by molar-refractivity contribution is 5.69. The van der Waals surface area contributed by atoms with Gasteiger partial charge in [-0.1, -0.05) is 83.3 Å². The summed E-state index contributed by atoms with van der Waals surface area (Å²) >= 11 is 0. The van der Waals surface area contributed by atoms with Gasteiger partial charge in [0.1, 0.15) is 6.10 Å². The molecule has 0 aromatic heterocycles. The molecule has 138 valence electrons. The van der Waals surface area contributed by atoms with E-state index in [0.29, 0.717) is 0 Å². The monoisotopic (exact) mass is 361 g/mol. The van der Waals surface area contributed by atoms with Crippen molar-refractivity contribution in [1.29, 1.82) is 0 Å². The predicted molar refractivity (Wildman–Crippen MR) is 94.4 cm³/mol. The number of hydrogen-bond acceptors (Lipinski definition) is 4. The van der Waals surface area contributed by atoms with Crippen LogP contribution in [0.25, 0.3) is 0 Å². The molecule has 0 rings (SSSR count). The topological polar surface area (TPSA) is 66.8 Å². The maximum Gasteiger partial charge on any atom is 0.306 e. The third-order valence-electron chi connectivity index (χ3n) is 1.60. The van der Waals surface area contributed by atoms with Crippen LogP contribution in [0, 0.1) is 0 Å². The molecule has 0 heterocycles. The third-order valence-corrected chi connectivity index (χ3v) is 1.60. The van der Waals surface area contributed by atoms with Crippen LogP contribution in [-0.2, 0) is 9.53 Å². The average Bonchev–Trinajstić information content (AvgIpc) is 2.97. The first-order valence-electron chi connectivity index (χ1n) is 21.3. The van der Waals surface area contributed by atoms with E-state index in [9.17, 15) is 4.79 Å². The number of ether oxygens (including phenoxy) is 1. The number of rotatable bonds is 17. The highest BCUT2D eigenvalue weighted by Gasteiger charge is 2.11. The minimum Gasteiger partial charge on any atom is -0.457 e. The van der Waals surface area contributed by atoms with Gasteiger partial charge in [0, 0.05) is 48.9 Å². The molecule has 0 aliphatic heterocycles. The summed E-state index contributed by atoms with van der Waals surface area (Å²) in [6, 6.07) is 0. The number of aliphatic hydroxyl groups is 2. The average molecular weight is 362 g/mol. The van der Waals surface area contributed by atoms with Crippen molar-refractivity contribution in [3.05, 3.63) is 0 Å². The molecule has 0 spiro atoms. The molecule has 4 heteroatoms. The Balaban J connectivity index is 7.63. The van der Waals surface area contributed by atoms with E-state index in [4.69, 9.17) is 52.7 Å². The number of esters is 1. The number of hydrogen-bond donors (Lipinski definition) is 2. The molecule has 0 aliphatic rings. The van der Waals surface area contributed by atoms with Gasteiger partial charge in [0.15, 0.2) is 0 Å². The molecule has 0 amide bonds. The SMILES string of the molecule is [2H]C([2H])([2H])C([2H])([2H])C([2H])([2H])C([2H])([2H])C([2H])([2H])C([2H])([2H])C([2H])([2H])C([2H])([2H])C([2H])([2H])C([2H])([2H])C([2H])([2H])C([2H])([2H])C([2H])([2H])C([2H])([2H])C([2H])([2H])C(=O)OC(CO)CO. The fourth-order valence-corrected chi connectivity index (χ4v) is 0.739. The van der Waals surface area contributed by atoms with E-state index in [-0.39, 0.29) is 0 Å². The second-order valence-corrected chi connectivity index (χ2v) is 3.14. The molecule has 0 saturated carbocycles. The van der Waals surface area contributed by atoms with Crippen molar-refractivity contribution in [2.45, 2.75) is 102 Å². The molecular formula is C19H38O4. The van der Waals surface area contributed by atoms with Gasteiger partial charge in [0.2, 0.25) is 0 Å². The van der Waals surface area contributed by atoms with Gasteiger partial charge in [-0.2, -0.15) is 0 Å². The fourth-order valence-electron chi connectivity index (χ4n) is 0.739. The Bertz CT molecular complexity index is 1360. The van der Waals surface area contributed by atoms with Crippen LogP contribution in [0.5, 0.6) is 0 Å². The van der Waals surface area contributed by atoms with Crippen molar-refractivity contribution in [2.75, 3.05) is 13.2 Å². The molecular weight excluding hydrogens is 292 g/mol. The quantitative estimate of drug-likeness (QED) is 0.378. The minimum absolute atomic E-state index is 1.21. The van der Waals surface area contributed by atoms with Gasteiger partial charge in [0.25, 0.3) is 0 Å². The number of carbonyl (C=O) groups excluding carboxylic acids is 1. The van der Waals surface area contributed by atoms with Crippen molar-refractivity contribution < 1.29 is 62.2 Å². The molecule has 0 atom stereocenters. The highest BCUT2D eigenvalue weighted by atomic mass is 16.6. The van der Waals surface area contributed by atoms with Gasteiger partial charge >= 0.3 is 5.97 Å². The molecule has 0 unspecified atom stereocenters. The Kier molecular flexibility index (Phi) is 2.88. The predicted octanol–water partition coefficient (Wildman–Crippen LogP) is 4.36. The number of aliphatic hydroxyl groups excluding tert-OH is 2. The van der Waals surface area contributed by atoms with Gasteiger partial charge < -0.3 is 14.9 Å². The zero-order valence-electron chi connectivity index (χ0n) is 42.7. The maximum atomic E-state index is 12.4. The standard InChI is InChI=1S/C19H38O4/c1-2-3-4-5-6-7-8-9-10-11-12-13-14-15-19(22)23-18(16-20)17-21/h18,20-21H,2-17H2,1H3/i1D3,2D2,3D2,4D2,5D2,6D2,7D2,8D2,9D2,10D2,11D2,12D2,13D2,14D2,15D2. The van der Waals surface area contributed by atoms with Gasteiger partial charge in [-0.05, 0) is 6.37 Å². The van der Waals surface area contributed by atoms with E-state index in [1.807, 2.05) is 0 Å². The summed E-state index contributed by atoms with van der Waals surface area (Å²) in [5.74, 6) is -2.43. The van der Waals surface area contributed by atoms with Crippen LogP contribution in [-0.4, -0.2) is 35.5 Å². The van der Waals surface area contributed by atoms with Crippen LogP contribution >= 0.6 is 0 Å². The zero-order chi connectivity index (χ0) is 44.8. The van der Waals surface area contributed by atoms with E-state index in [1.54, 1.807) is 0 Å². The molecule has 0 radical (unpaired) electrons. The normalized spacial score (nSPS) is 40.4. The summed E-state index contributed by atoms with van der Waals surface area (Å²) in [6.07, 6.45) is -70.8. The maximum absolute atomic E-state index is 12.4. The largest absolute Gasteiger partial charge is 0.457 e. The molecule has 2 N–H and O–H groups in total. The van der Waals surface area contributed by atoms with E-state index in [0.717, 1.165) is 0 Å². The second kappa shape index (κ2) is 17.7. The summed E-state index contributed by atoms with van der Waals surface area (Å²) < 4.78 is 251. The molecule has 0 aromatic carbocycles. The summed E-state index contributed by atoms with van der Waals surface area (Å²) in [7, 11) is 0. The lowest BCUT2D eigenvalue weighted by atomic mass is 10.0. The summed E-state index contributed by atoms with van der Waals surface area (Å²) in [5.41, 5.74) is 0.